The van der Waals surface area contributed by atoms with Crippen LogP contribution in [0.25, 0.3) is 0 Å². The van der Waals surface area contributed by atoms with E-state index in [1.165, 1.54) is 24.8 Å². The predicted molar refractivity (Wildman–Crippen MR) is 45.9 cm³/mol. The lowest BCUT2D eigenvalue weighted by molar-refractivity contribution is 0.582. The van der Waals surface area contributed by atoms with Gasteiger partial charge < -0.3 is 0 Å². The maximum absolute atomic E-state index is 2.35. The van der Waals surface area contributed by atoms with Crippen molar-refractivity contribution in [2.45, 2.75) is 33.1 Å². The average Bonchev–Trinajstić information content (AvgIpc) is 1.95. The lowest BCUT2D eigenvalue weighted by Gasteiger charge is -2.12. The second-order valence-corrected chi connectivity index (χ2v) is 3.09. The first-order chi connectivity index (χ1) is 4.83. The van der Waals surface area contributed by atoms with E-state index in [4.69, 9.17) is 0 Å². The Morgan fingerprint density at radius 2 is 2.40 bits per heavy atom. The van der Waals surface area contributed by atoms with Gasteiger partial charge in [0.1, 0.15) is 0 Å². The van der Waals surface area contributed by atoms with Crippen LogP contribution in [-0.4, -0.2) is 0 Å². The molecule has 0 N–H and O–H groups in total. The van der Waals surface area contributed by atoms with Crippen LogP contribution < -0.4 is 0 Å². The molecule has 0 saturated carbocycles. The minimum Gasteiger partial charge on any atom is -0.0810 e. The molecule has 0 aromatic heterocycles. The van der Waals surface area contributed by atoms with E-state index in [9.17, 15) is 0 Å². The van der Waals surface area contributed by atoms with Crippen molar-refractivity contribution in [3.63, 3.8) is 0 Å². The number of allylic oxidation sites excluding steroid dienone is 4. The number of hydrogen-bond donors (Lipinski definition) is 0. The highest BCUT2D eigenvalue weighted by Gasteiger charge is 2.04. The molecule has 0 heteroatoms. The highest BCUT2D eigenvalue weighted by Crippen LogP contribution is 2.19. The molecule has 56 valence electrons. The Labute approximate surface area is 63.6 Å². The molecule has 0 saturated heterocycles. The molecule has 0 bridgehead atoms. The van der Waals surface area contributed by atoms with Crippen molar-refractivity contribution in [1.82, 2.24) is 0 Å². The van der Waals surface area contributed by atoms with Crippen LogP contribution in [0.3, 0.4) is 0 Å². The largest absolute Gasteiger partial charge is 0.0810 e. The van der Waals surface area contributed by atoms with Gasteiger partial charge in [-0.1, -0.05) is 37.1 Å². The van der Waals surface area contributed by atoms with Crippen LogP contribution in [0.4, 0.5) is 0 Å². The summed E-state index contributed by atoms with van der Waals surface area (Å²) in [6, 6.07) is 0. The van der Waals surface area contributed by atoms with Crippen molar-refractivity contribution in [1.29, 1.82) is 0 Å². The predicted octanol–water partition coefficient (Wildman–Crippen LogP) is 3.31. The maximum Gasteiger partial charge on any atom is -0.0196 e. The summed E-state index contributed by atoms with van der Waals surface area (Å²) >= 11 is 0. The zero-order valence-electron chi connectivity index (χ0n) is 6.93. The van der Waals surface area contributed by atoms with Gasteiger partial charge in [0.25, 0.3) is 0 Å². The monoisotopic (exact) mass is 136 g/mol. The van der Waals surface area contributed by atoms with E-state index >= 15 is 0 Å². The first-order valence-electron chi connectivity index (χ1n) is 4.18. The standard InChI is InChI=1S/C10H16/c1-3-4-10-7-5-9(2)6-8-10/h5-7,10H,3-4,8H2,1-2H3. The van der Waals surface area contributed by atoms with E-state index in [0.29, 0.717) is 0 Å². The summed E-state index contributed by atoms with van der Waals surface area (Å²) in [7, 11) is 0. The molecule has 0 fully saturated rings. The van der Waals surface area contributed by atoms with Crippen LogP contribution in [0.1, 0.15) is 33.1 Å². The van der Waals surface area contributed by atoms with Crippen LogP contribution in [-0.2, 0) is 0 Å². The molecule has 0 aliphatic heterocycles. The van der Waals surface area contributed by atoms with Crippen LogP contribution in [0, 0.1) is 5.92 Å². The quantitative estimate of drug-likeness (QED) is 0.546. The van der Waals surface area contributed by atoms with Crippen LogP contribution in [0.5, 0.6) is 0 Å². The fourth-order valence-electron chi connectivity index (χ4n) is 1.36. The Hall–Kier alpha value is -0.520. The van der Waals surface area contributed by atoms with E-state index in [-0.39, 0.29) is 0 Å². The van der Waals surface area contributed by atoms with E-state index in [2.05, 4.69) is 32.1 Å². The highest BCUT2D eigenvalue weighted by atomic mass is 14.1. The van der Waals surface area contributed by atoms with E-state index in [0.717, 1.165) is 5.92 Å². The van der Waals surface area contributed by atoms with Crippen molar-refractivity contribution in [3.05, 3.63) is 23.8 Å². The van der Waals surface area contributed by atoms with Crippen molar-refractivity contribution in [2.24, 2.45) is 5.92 Å². The molecular formula is C10H16. The van der Waals surface area contributed by atoms with Gasteiger partial charge in [-0.05, 0) is 25.7 Å². The second-order valence-electron chi connectivity index (χ2n) is 3.09. The number of rotatable bonds is 2. The summed E-state index contributed by atoms with van der Waals surface area (Å²) in [6.07, 6.45) is 10.8. The highest BCUT2D eigenvalue weighted by molar-refractivity contribution is 5.21. The number of hydrogen-bond acceptors (Lipinski definition) is 0. The van der Waals surface area contributed by atoms with E-state index in [1.807, 2.05) is 0 Å². The fraction of sp³-hybridized carbons (Fsp3) is 0.600. The smallest absolute Gasteiger partial charge is 0.0196 e. The average molecular weight is 136 g/mol. The van der Waals surface area contributed by atoms with Crippen molar-refractivity contribution in [3.8, 4) is 0 Å². The first-order valence-corrected chi connectivity index (χ1v) is 4.18. The Kier molecular flexibility index (Phi) is 2.73. The van der Waals surface area contributed by atoms with Gasteiger partial charge >= 0.3 is 0 Å². The van der Waals surface area contributed by atoms with Crippen LogP contribution in [0.2, 0.25) is 0 Å². The molecule has 0 aromatic carbocycles. The van der Waals surface area contributed by atoms with Gasteiger partial charge in [0.15, 0.2) is 0 Å². The minimum atomic E-state index is 0.827. The second kappa shape index (κ2) is 3.60. The molecule has 0 amide bonds. The molecule has 1 unspecified atom stereocenters. The molecule has 1 atom stereocenters. The van der Waals surface area contributed by atoms with Crippen molar-refractivity contribution < 1.29 is 0 Å². The first kappa shape index (κ1) is 7.59. The lowest BCUT2D eigenvalue weighted by Crippen LogP contribution is -1.97. The molecule has 1 rings (SSSR count). The third-order valence-corrected chi connectivity index (χ3v) is 2.03. The molecule has 0 aromatic rings. The van der Waals surface area contributed by atoms with Gasteiger partial charge in [-0.3, -0.25) is 0 Å². The summed E-state index contributed by atoms with van der Waals surface area (Å²) in [5.41, 5.74) is 1.42. The Morgan fingerprint density at radius 3 is 2.90 bits per heavy atom. The van der Waals surface area contributed by atoms with Gasteiger partial charge in [0, 0.05) is 0 Å². The summed E-state index contributed by atoms with van der Waals surface area (Å²) in [4.78, 5) is 0. The molecule has 0 radical (unpaired) electrons. The molecular weight excluding hydrogens is 120 g/mol. The van der Waals surface area contributed by atoms with Crippen molar-refractivity contribution >= 4 is 0 Å². The summed E-state index contributed by atoms with van der Waals surface area (Å²) in [5.74, 6) is 0.827. The SMILES string of the molecule is CCCC1C=CC(C)=CC1. The minimum absolute atomic E-state index is 0.827. The Bertz CT molecular complexity index is 151. The molecule has 10 heavy (non-hydrogen) atoms. The lowest BCUT2D eigenvalue weighted by atomic mass is 9.94. The zero-order chi connectivity index (χ0) is 7.40. The summed E-state index contributed by atoms with van der Waals surface area (Å²) in [5, 5.41) is 0. The zero-order valence-corrected chi connectivity index (χ0v) is 6.93. The molecule has 1 aliphatic rings. The third kappa shape index (κ3) is 2.02. The van der Waals surface area contributed by atoms with Gasteiger partial charge in [-0.15, -0.1) is 0 Å². The summed E-state index contributed by atoms with van der Waals surface area (Å²) in [6.45, 7) is 4.41. The van der Waals surface area contributed by atoms with Gasteiger partial charge in [-0.25, -0.2) is 0 Å². The Balaban J connectivity index is 2.37. The van der Waals surface area contributed by atoms with Crippen LogP contribution >= 0.6 is 0 Å². The van der Waals surface area contributed by atoms with Crippen molar-refractivity contribution in [2.75, 3.05) is 0 Å². The van der Waals surface area contributed by atoms with Crippen LogP contribution in [0.15, 0.2) is 23.8 Å². The fourth-order valence-corrected chi connectivity index (χ4v) is 1.36. The molecule has 0 nitrogen and oxygen atoms in total. The van der Waals surface area contributed by atoms with Gasteiger partial charge in [0.2, 0.25) is 0 Å². The molecule has 0 heterocycles. The molecule has 1 aliphatic carbocycles. The Morgan fingerprint density at radius 1 is 1.60 bits per heavy atom. The maximum atomic E-state index is 2.35. The van der Waals surface area contributed by atoms with E-state index < -0.39 is 0 Å². The van der Waals surface area contributed by atoms with Gasteiger partial charge in [0.05, 0.1) is 0 Å². The van der Waals surface area contributed by atoms with E-state index in [1.54, 1.807) is 0 Å². The van der Waals surface area contributed by atoms with Gasteiger partial charge in [-0.2, -0.15) is 0 Å². The topological polar surface area (TPSA) is 0 Å². The summed E-state index contributed by atoms with van der Waals surface area (Å²) < 4.78 is 0. The normalized spacial score (nSPS) is 24.6. The third-order valence-electron chi connectivity index (χ3n) is 2.03. The molecule has 0 spiro atoms.